The minimum absolute atomic E-state index is 0.111. The van der Waals surface area contributed by atoms with Crippen molar-refractivity contribution in [2.45, 2.75) is 5.92 Å². The normalized spacial score (nSPS) is 17.1. The zero-order chi connectivity index (χ0) is 15.4. The number of aliphatic imine (C=N–C) groups is 1. The lowest BCUT2D eigenvalue weighted by Crippen LogP contribution is -2.17. The second-order valence-corrected chi connectivity index (χ2v) is 5.30. The van der Waals surface area contributed by atoms with E-state index in [0.29, 0.717) is 24.7 Å². The number of nitrogens with one attached hydrogen (secondary N) is 1. The monoisotopic (exact) mass is 319 g/mol. The van der Waals surface area contributed by atoms with E-state index in [9.17, 15) is 4.39 Å². The van der Waals surface area contributed by atoms with Crippen LogP contribution in [0.3, 0.4) is 0 Å². The number of nitrogens with zero attached hydrogens (tertiary/aromatic N) is 2. The van der Waals surface area contributed by atoms with Crippen molar-refractivity contribution in [2.75, 3.05) is 19.7 Å². The van der Waals surface area contributed by atoms with E-state index >= 15 is 0 Å². The summed E-state index contributed by atoms with van der Waals surface area (Å²) < 4.78 is 19.7. The average Bonchev–Trinajstić information content (AvgIpc) is 3.06. The van der Waals surface area contributed by atoms with Gasteiger partial charge in [-0.1, -0.05) is 23.7 Å². The first-order valence-corrected chi connectivity index (χ1v) is 7.38. The van der Waals surface area contributed by atoms with Crippen LogP contribution in [0.25, 0.3) is 0 Å². The minimum Gasteiger partial charge on any atom is -0.463 e. The summed E-state index contributed by atoms with van der Waals surface area (Å²) in [6.45, 7) is 1.71. The van der Waals surface area contributed by atoms with Crippen LogP contribution in [0.5, 0.6) is 0 Å². The summed E-state index contributed by atoms with van der Waals surface area (Å²) in [6, 6.07) is 9.23. The zero-order valence-corrected chi connectivity index (χ0v) is 12.6. The molecular weight excluding hydrogens is 305 g/mol. The largest absolute Gasteiger partial charge is 0.463 e. The van der Waals surface area contributed by atoms with Gasteiger partial charge in [0.2, 0.25) is 0 Å². The summed E-state index contributed by atoms with van der Waals surface area (Å²) >= 11 is 5.91. The van der Waals surface area contributed by atoms with Crippen LogP contribution in [0, 0.1) is 5.82 Å². The summed E-state index contributed by atoms with van der Waals surface area (Å²) in [4.78, 5) is 8.41. The summed E-state index contributed by atoms with van der Waals surface area (Å²) in [5, 5.41) is 3.15. The van der Waals surface area contributed by atoms with E-state index in [1.165, 1.54) is 6.07 Å². The number of benzene rings is 1. The number of ether oxygens (including phenoxy) is 1. The molecule has 1 N–H and O–H groups in total. The van der Waals surface area contributed by atoms with Gasteiger partial charge >= 0.3 is 0 Å². The third-order valence-electron chi connectivity index (χ3n) is 3.50. The Morgan fingerprint density at radius 1 is 1.32 bits per heavy atom. The fraction of sp³-hybridized carbons (Fsp3) is 0.250. The lowest BCUT2D eigenvalue weighted by Gasteiger charge is -2.17. The van der Waals surface area contributed by atoms with Gasteiger partial charge in [-0.15, -0.1) is 0 Å². The summed E-state index contributed by atoms with van der Waals surface area (Å²) in [7, 11) is 0. The van der Waals surface area contributed by atoms with Gasteiger partial charge in [-0.2, -0.15) is 0 Å². The highest BCUT2D eigenvalue weighted by Gasteiger charge is 2.20. The Morgan fingerprint density at radius 3 is 2.86 bits per heavy atom. The number of aromatic nitrogens is 1. The predicted octanol–water partition coefficient (Wildman–Crippen LogP) is 2.98. The fourth-order valence-electron chi connectivity index (χ4n) is 2.40. The Morgan fingerprint density at radius 2 is 2.14 bits per heavy atom. The number of halogens is 2. The number of hydrogen-bond donors (Lipinski definition) is 1. The van der Waals surface area contributed by atoms with Crippen LogP contribution >= 0.6 is 11.6 Å². The van der Waals surface area contributed by atoms with Gasteiger partial charge in [0.1, 0.15) is 12.4 Å². The lowest BCUT2D eigenvalue weighted by molar-refractivity contribution is 0.350. The third-order valence-corrected chi connectivity index (χ3v) is 3.79. The van der Waals surface area contributed by atoms with E-state index in [2.05, 4.69) is 15.3 Å². The highest BCUT2D eigenvalue weighted by molar-refractivity contribution is 6.30. The number of hydrogen-bond acceptors (Lipinski definition) is 3. The van der Waals surface area contributed by atoms with Crippen molar-refractivity contribution < 1.29 is 9.13 Å². The smallest absolute Gasteiger partial charge is 0.284 e. The van der Waals surface area contributed by atoms with Crippen molar-refractivity contribution in [2.24, 2.45) is 4.99 Å². The standard InChI is InChI=1S/C16H15ClFN3O/c17-14-3-1-2-12(15(14)18)13(11-4-6-19-7-5-11)10-21-16-20-8-9-22-16/h1-7,13H,8-10H2,(H,20,21). The van der Waals surface area contributed by atoms with Crippen LogP contribution < -0.4 is 5.32 Å². The molecule has 1 fully saturated rings. The Kier molecular flexibility index (Phi) is 4.53. The van der Waals surface area contributed by atoms with Gasteiger partial charge in [0.15, 0.2) is 0 Å². The molecule has 0 amide bonds. The van der Waals surface area contributed by atoms with E-state index in [1.807, 2.05) is 12.1 Å². The highest BCUT2D eigenvalue weighted by atomic mass is 35.5. The van der Waals surface area contributed by atoms with Crippen LogP contribution in [-0.4, -0.2) is 30.7 Å². The Balaban J connectivity index is 1.95. The molecule has 3 rings (SSSR count). The number of pyridine rings is 1. The second-order valence-electron chi connectivity index (χ2n) is 4.90. The molecule has 0 spiro atoms. The van der Waals surface area contributed by atoms with Crippen molar-refractivity contribution in [3.05, 3.63) is 64.7 Å². The van der Waals surface area contributed by atoms with Gasteiger partial charge in [-0.3, -0.25) is 4.98 Å². The molecule has 1 saturated heterocycles. The highest BCUT2D eigenvalue weighted by Crippen LogP contribution is 2.30. The van der Waals surface area contributed by atoms with Gasteiger partial charge in [0.25, 0.3) is 6.02 Å². The molecule has 1 aromatic carbocycles. The molecule has 0 radical (unpaired) electrons. The zero-order valence-electron chi connectivity index (χ0n) is 11.8. The molecule has 4 nitrogen and oxygen atoms in total. The number of rotatable bonds is 4. The van der Waals surface area contributed by atoms with Crippen molar-refractivity contribution in [1.29, 1.82) is 0 Å². The summed E-state index contributed by atoms with van der Waals surface area (Å²) in [5.41, 5.74) is 1.44. The average molecular weight is 320 g/mol. The SMILES string of the molecule is Fc1c(Cl)cccc1C(CN=C1NCCO1)c1ccncc1. The van der Waals surface area contributed by atoms with Gasteiger partial charge in [0.05, 0.1) is 18.1 Å². The van der Waals surface area contributed by atoms with Crippen molar-refractivity contribution in [3.8, 4) is 0 Å². The molecule has 1 aliphatic heterocycles. The van der Waals surface area contributed by atoms with Crippen molar-refractivity contribution in [3.63, 3.8) is 0 Å². The molecular formula is C16H15ClFN3O. The fourth-order valence-corrected chi connectivity index (χ4v) is 2.58. The molecule has 0 bridgehead atoms. The van der Waals surface area contributed by atoms with E-state index < -0.39 is 5.82 Å². The van der Waals surface area contributed by atoms with E-state index in [4.69, 9.17) is 16.3 Å². The topological polar surface area (TPSA) is 46.5 Å². The van der Waals surface area contributed by atoms with Crippen molar-refractivity contribution >= 4 is 17.6 Å². The molecule has 2 heterocycles. The van der Waals surface area contributed by atoms with Crippen LogP contribution in [0.4, 0.5) is 4.39 Å². The third kappa shape index (κ3) is 3.20. The van der Waals surface area contributed by atoms with Crippen LogP contribution in [0.15, 0.2) is 47.7 Å². The first kappa shape index (κ1) is 14.8. The second kappa shape index (κ2) is 6.75. The lowest BCUT2D eigenvalue weighted by atomic mass is 9.91. The van der Waals surface area contributed by atoms with Crippen LogP contribution in [0.1, 0.15) is 17.0 Å². The Bertz CT molecular complexity index is 670. The summed E-state index contributed by atoms with van der Waals surface area (Å²) in [5.74, 6) is -0.660. The molecule has 114 valence electrons. The van der Waals surface area contributed by atoms with Crippen LogP contribution in [0.2, 0.25) is 5.02 Å². The predicted molar refractivity (Wildman–Crippen MR) is 83.7 cm³/mol. The van der Waals surface area contributed by atoms with E-state index in [-0.39, 0.29) is 10.9 Å². The molecule has 1 aliphatic rings. The van der Waals surface area contributed by atoms with E-state index in [0.717, 1.165) is 12.1 Å². The molecule has 2 aromatic rings. The number of amidine groups is 1. The Labute approximate surface area is 133 Å². The van der Waals surface area contributed by atoms with Gasteiger partial charge < -0.3 is 10.1 Å². The molecule has 22 heavy (non-hydrogen) atoms. The van der Waals surface area contributed by atoms with E-state index in [1.54, 1.807) is 24.5 Å². The van der Waals surface area contributed by atoms with Gasteiger partial charge in [-0.05, 0) is 29.3 Å². The quantitative estimate of drug-likeness (QED) is 0.942. The maximum Gasteiger partial charge on any atom is 0.284 e. The molecule has 0 aliphatic carbocycles. The Hall–Kier alpha value is -2.14. The molecule has 0 saturated carbocycles. The van der Waals surface area contributed by atoms with Crippen LogP contribution in [-0.2, 0) is 4.74 Å². The van der Waals surface area contributed by atoms with Gasteiger partial charge in [-0.25, -0.2) is 9.38 Å². The van der Waals surface area contributed by atoms with Gasteiger partial charge in [0, 0.05) is 18.3 Å². The first-order valence-electron chi connectivity index (χ1n) is 7.00. The first-order chi connectivity index (χ1) is 10.8. The maximum atomic E-state index is 14.4. The summed E-state index contributed by atoms with van der Waals surface area (Å²) in [6.07, 6.45) is 3.37. The molecule has 6 heteroatoms. The molecule has 1 atom stereocenters. The molecule has 1 unspecified atom stereocenters. The maximum absolute atomic E-state index is 14.4. The minimum atomic E-state index is -0.411. The van der Waals surface area contributed by atoms with Crippen molar-refractivity contribution in [1.82, 2.24) is 10.3 Å². The molecule has 1 aromatic heterocycles.